The lowest BCUT2D eigenvalue weighted by atomic mass is 9.90. The van der Waals surface area contributed by atoms with E-state index in [4.69, 9.17) is 0 Å². The van der Waals surface area contributed by atoms with Crippen molar-refractivity contribution in [2.24, 2.45) is 5.92 Å². The molecule has 1 aliphatic heterocycles. The molecule has 0 N–H and O–H groups in total. The van der Waals surface area contributed by atoms with Crippen LogP contribution < -0.4 is 0 Å². The Hall–Kier alpha value is -1.74. The summed E-state index contributed by atoms with van der Waals surface area (Å²) in [6.07, 6.45) is 7.28. The van der Waals surface area contributed by atoms with Crippen LogP contribution in [0.3, 0.4) is 0 Å². The summed E-state index contributed by atoms with van der Waals surface area (Å²) in [7, 11) is 0. The summed E-state index contributed by atoms with van der Waals surface area (Å²) in [5.41, 5.74) is 2.54. The van der Waals surface area contributed by atoms with E-state index in [0.29, 0.717) is 0 Å². The van der Waals surface area contributed by atoms with E-state index >= 15 is 0 Å². The molecule has 2 aromatic rings. The Morgan fingerprint density at radius 1 is 1.05 bits per heavy atom. The van der Waals surface area contributed by atoms with Crippen LogP contribution in [0.1, 0.15) is 24.0 Å². The van der Waals surface area contributed by atoms with Crippen molar-refractivity contribution in [3.8, 4) is 0 Å². The Morgan fingerprint density at radius 3 is 2.48 bits per heavy atom. The minimum atomic E-state index is -0.148. The van der Waals surface area contributed by atoms with Gasteiger partial charge in [-0.2, -0.15) is 0 Å². The molecule has 1 aliphatic rings. The Kier molecular flexibility index (Phi) is 4.61. The number of hydrogen-bond acceptors (Lipinski definition) is 2. The Labute approximate surface area is 125 Å². The summed E-state index contributed by atoms with van der Waals surface area (Å²) in [6, 6.07) is 11.1. The van der Waals surface area contributed by atoms with Gasteiger partial charge in [-0.15, -0.1) is 0 Å². The van der Waals surface area contributed by atoms with E-state index in [2.05, 4.69) is 16.0 Å². The molecule has 1 aromatic heterocycles. The molecule has 3 heteroatoms. The summed E-state index contributed by atoms with van der Waals surface area (Å²) >= 11 is 0. The molecule has 0 atom stereocenters. The molecule has 2 heterocycles. The predicted molar refractivity (Wildman–Crippen MR) is 82.3 cm³/mol. The SMILES string of the molecule is Fc1ccc(CC2CCN(Cc3cccnc3)CC2)cc1. The molecule has 0 saturated carbocycles. The molecule has 0 radical (unpaired) electrons. The number of hydrogen-bond donors (Lipinski definition) is 0. The zero-order chi connectivity index (χ0) is 14.5. The molecule has 21 heavy (non-hydrogen) atoms. The third-order valence-corrected chi connectivity index (χ3v) is 4.27. The maximum atomic E-state index is 12.9. The first-order valence-corrected chi connectivity index (χ1v) is 7.65. The summed E-state index contributed by atoms with van der Waals surface area (Å²) in [6.45, 7) is 3.28. The van der Waals surface area contributed by atoms with Gasteiger partial charge < -0.3 is 0 Å². The molecular weight excluding hydrogens is 263 g/mol. The van der Waals surface area contributed by atoms with Crippen molar-refractivity contribution in [1.82, 2.24) is 9.88 Å². The third-order valence-electron chi connectivity index (χ3n) is 4.27. The van der Waals surface area contributed by atoms with Crippen molar-refractivity contribution in [1.29, 1.82) is 0 Å². The van der Waals surface area contributed by atoms with Gasteiger partial charge in [0.25, 0.3) is 0 Å². The first-order valence-electron chi connectivity index (χ1n) is 7.65. The van der Waals surface area contributed by atoms with Crippen LogP contribution in [0.25, 0.3) is 0 Å². The van der Waals surface area contributed by atoms with Gasteiger partial charge in [0, 0.05) is 18.9 Å². The molecule has 1 fully saturated rings. The number of benzene rings is 1. The maximum absolute atomic E-state index is 12.9. The first kappa shape index (κ1) is 14.2. The quantitative estimate of drug-likeness (QED) is 0.851. The van der Waals surface area contributed by atoms with Crippen LogP contribution in [-0.2, 0) is 13.0 Å². The maximum Gasteiger partial charge on any atom is 0.123 e. The van der Waals surface area contributed by atoms with E-state index in [1.165, 1.54) is 24.0 Å². The zero-order valence-electron chi connectivity index (χ0n) is 12.2. The number of halogens is 1. The molecule has 0 amide bonds. The Balaban J connectivity index is 1.47. The topological polar surface area (TPSA) is 16.1 Å². The van der Waals surface area contributed by atoms with E-state index in [1.54, 1.807) is 12.1 Å². The van der Waals surface area contributed by atoms with Gasteiger partial charge in [0.1, 0.15) is 5.82 Å². The van der Waals surface area contributed by atoms with Crippen LogP contribution in [0.15, 0.2) is 48.8 Å². The summed E-state index contributed by atoms with van der Waals surface area (Å²) in [4.78, 5) is 6.67. The number of aromatic nitrogens is 1. The average Bonchev–Trinajstić information content (AvgIpc) is 2.53. The van der Waals surface area contributed by atoms with Crippen LogP contribution in [-0.4, -0.2) is 23.0 Å². The van der Waals surface area contributed by atoms with Gasteiger partial charge in [-0.05, 0) is 67.6 Å². The smallest absolute Gasteiger partial charge is 0.123 e. The van der Waals surface area contributed by atoms with Gasteiger partial charge in [0.05, 0.1) is 0 Å². The Bertz CT molecular complexity index is 545. The van der Waals surface area contributed by atoms with Crippen molar-refractivity contribution < 1.29 is 4.39 Å². The lowest BCUT2D eigenvalue weighted by molar-refractivity contribution is 0.177. The van der Waals surface area contributed by atoms with E-state index in [0.717, 1.165) is 32.0 Å². The summed E-state index contributed by atoms with van der Waals surface area (Å²) in [5.74, 6) is 0.575. The molecule has 0 bridgehead atoms. The van der Waals surface area contributed by atoms with E-state index < -0.39 is 0 Å². The standard InChI is InChI=1S/C18H21FN2/c19-18-5-3-15(4-6-18)12-16-7-10-21(11-8-16)14-17-2-1-9-20-13-17/h1-6,9,13,16H,7-8,10-12,14H2. The minimum Gasteiger partial charge on any atom is -0.299 e. The second-order valence-corrected chi connectivity index (χ2v) is 5.91. The summed E-state index contributed by atoms with van der Waals surface area (Å²) < 4.78 is 12.9. The first-order chi connectivity index (χ1) is 10.3. The predicted octanol–water partition coefficient (Wildman–Crippen LogP) is 3.68. The average molecular weight is 284 g/mol. The number of pyridine rings is 1. The highest BCUT2D eigenvalue weighted by atomic mass is 19.1. The fourth-order valence-corrected chi connectivity index (χ4v) is 3.05. The molecule has 1 saturated heterocycles. The normalized spacial score (nSPS) is 17.0. The van der Waals surface area contributed by atoms with Crippen LogP contribution in [0.2, 0.25) is 0 Å². The molecule has 0 unspecified atom stereocenters. The molecule has 2 nitrogen and oxygen atoms in total. The lowest BCUT2D eigenvalue weighted by Gasteiger charge is -2.32. The van der Waals surface area contributed by atoms with E-state index in [1.807, 2.05) is 30.6 Å². The Morgan fingerprint density at radius 2 is 1.81 bits per heavy atom. The molecule has 0 spiro atoms. The van der Waals surface area contributed by atoms with Gasteiger partial charge in [0.2, 0.25) is 0 Å². The fraction of sp³-hybridized carbons (Fsp3) is 0.389. The third kappa shape index (κ3) is 4.11. The molecule has 3 rings (SSSR count). The van der Waals surface area contributed by atoms with Crippen molar-refractivity contribution in [2.75, 3.05) is 13.1 Å². The highest BCUT2D eigenvalue weighted by molar-refractivity contribution is 5.16. The minimum absolute atomic E-state index is 0.148. The van der Waals surface area contributed by atoms with Gasteiger partial charge in [-0.3, -0.25) is 9.88 Å². The lowest BCUT2D eigenvalue weighted by Crippen LogP contribution is -2.33. The molecular formula is C18H21FN2. The molecule has 110 valence electrons. The highest BCUT2D eigenvalue weighted by Crippen LogP contribution is 2.22. The number of piperidine rings is 1. The fourth-order valence-electron chi connectivity index (χ4n) is 3.05. The number of rotatable bonds is 4. The molecule has 0 aliphatic carbocycles. The van der Waals surface area contributed by atoms with Gasteiger partial charge >= 0.3 is 0 Å². The monoisotopic (exact) mass is 284 g/mol. The van der Waals surface area contributed by atoms with Crippen LogP contribution in [0.4, 0.5) is 4.39 Å². The van der Waals surface area contributed by atoms with Crippen molar-refractivity contribution >= 4 is 0 Å². The second kappa shape index (κ2) is 6.81. The second-order valence-electron chi connectivity index (χ2n) is 5.91. The van der Waals surface area contributed by atoms with E-state index in [-0.39, 0.29) is 5.82 Å². The largest absolute Gasteiger partial charge is 0.299 e. The highest BCUT2D eigenvalue weighted by Gasteiger charge is 2.19. The number of nitrogens with zero attached hydrogens (tertiary/aromatic N) is 2. The van der Waals surface area contributed by atoms with Gasteiger partial charge in [-0.1, -0.05) is 18.2 Å². The van der Waals surface area contributed by atoms with Gasteiger partial charge in [0.15, 0.2) is 0 Å². The van der Waals surface area contributed by atoms with Crippen LogP contribution >= 0.6 is 0 Å². The molecule has 1 aromatic carbocycles. The van der Waals surface area contributed by atoms with Crippen LogP contribution in [0, 0.1) is 11.7 Å². The van der Waals surface area contributed by atoms with Crippen molar-refractivity contribution in [3.05, 3.63) is 65.7 Å². The summed E-state index contributed by atoms with van der Waals surface area (Å²) in [5, 5.41) is 0. The van der Waals surface area contributed by atoms with Crippen LogP contribution in [0.5, 0.6) is 0 Å². The van der Waals surface area contributed by atoms with Gasteiger partial charge in [-0.25, -0.2) is 4.39 Å². The number of likely N-dealkylation sites (tertiary alicyclic amines) is 1. The zero-order valence-corrected chi connectivity index (χ0v) is 12.2. The van der Waals surface area contributed by atoms with Crippen molar-refractivity contribution in [2.45, 2.75) is 25.8 Å². The van der Waals surface area contributed by atoms with Crippen molar-refractivity contribution in [3.63, 3.8) is 0 Å². The van der Waals surface area contributed by atoms with E-state index in [9.17, 15) is 4.39 Å².